The van der Waals surface area contributed by atoms with Crippen molar-refractivity contribution in [3.05, 3.63) is 66.4 Å². The zero-order valence-electron chi connectivity index (χ0n) is 26.6. The summed E-state index contributed by atoms with van der Waals surface area (Å²) in [5.74, 6) is 21.8. The Morgan fingerprint density at radius 1 is 0.625 bits per heavy atom. The third-order valence-corrected chi connectivity index (χ3v) is 73.7. The Morgan fingerprint density at radius 3 is 1.77 bits per heavy atom. The van der Waals surface area contributed by atoms with Crippen LogP contribution in [0, 0.1) is 0 Å². The number of pyridine rings is 1. The summed E-state index contributed by atoms with van der Waals surface area (Å²) in [4.78, 5) is 5.04. The van der Waals surface area contributed by atoms with Gasteiger partial charge in [-0.05, 0) is 0 Å². The number of nitrogens with zero attached hydrogens (tertiary/aromatic N) is 1. The van der Waals surface area contributed by atoms with Crippen LogP contribution in [0.1, 0.15) is 26.3 Å². The summed E-state index contributed by atoms with van der Waals surface area (Å²) in [5, 5.41) is 2.68. The molecule has 3 heterocycles. The molecule has 0 aliphatic carbocycles. The van der Waals surface area contributed by atoms with Gasteiger partial charge in [-0.25, -0.2) is 0 Å². The minimum absolute atomic E-state index is 0.0686. The van der Waals surface area contributed by atoms with E-state index in [1.54, 1.807) is 13.7 Å². The summed E-state index contributed by atoms with van der Waals surface area (Å²) in [6.45, 7) is 7.00. The first-order valence-electron chi connectivity index (χ1n) is 15.2. The first-order valence-corrected chi connectivity index (χ1v) is 42.1. The third kappa shape index (κ3) is 4.68. The molecule has 0 saturated carbocycles. The number of rotatable bonds is 2. The average Bonchev–Trinajstić information content (AvgIpc) is 3.16. The number of hydrogen-bond donors (Lipinski definition) is 0. The fourth-order valence-electron chi connectivity index (χ4n) is 8.84. The van der Waals surface area contributed by atoms with Crippen molar-refractivity contribution in [2.75, 3.05) is 0 Å². The molecule has 1 nitrogen and oxygen atoms in total. The minimum atomic E-state index is -2.15. The second kappa shape index (κ2) is 9.37. The van der Waals surface area contributed by atoms with Gasteiger partial charge in [0.1, 0.15) is 0 Å². The van der Waals surface area contributed by atoms with E-state index < -0.39 is 53.1 Å². The Balaban J connectivity index is 1.66. The van der Waals surface area contributed by atoms with Crippen LogP contribution in [0.25, 0.3) is 33.2 Å². The van der Waals surface area contributed by atoms with E-state index in [-0.39, 0.29) is 5.41 Å². The summed E-state index contributed by atoms with van der Waals surface area (Å²) in [6.07, 6.45) is 2.12. The van der Waals surface area contributed by atoms with E-state index in [0.29, 0.717) is 0 Å². The quantitative estimate of drug-likeness (QED) is 0.191. The van der Waals surface area contributed by atoms with Crippen molar-refractivity contribution in [2.45, 2.75) is 80.4 Å². The molecule has 0 radical (unpaired) electrons. The van der Waals surface area contributed by atoms with Gasteiger partial charge in [-0.15, -0.1) is 0 Å². The molecule has 0 unspecified atom stereocenters. The molecule has 2 aliphatic rings. The molecule has 0 N–H and O–H groups in total. The van der Waals surface area contributed by atoms with Gasteiger partial charge < -0.3 is 0 Å². The van der Waals surface area contributed by atoms with Crippen LogP contribution in [0.5, 0.6) is 0 Å². The topological polar surface area (TPSA) is 12.9 Å². The van der Waals surface area contributed by atoms with Crippen molar-refractivity contribution in [1.29, 1.82) is 0 Å². The molecular formula is C35H47Ge4N. The van der Waals surface area contributed by atoms with E-state index in [9.17, 15) is 0 Å². The van der Waals surface area contributed by atoms with E-state index in [1.165, 1.54) is 27.5 Å². The summed E-state index contributed by atoms with van der Waals surface area (Å²) >= 11 is -8.36. The van der Waals surface area contributed by atoms with Gasteiger partial charge in [0, 0.05) is 0 Å². The molecule has 40 heavy (non-hydrogen) atoms. The summed E-state index contributed by atoms with van der Waals surface area (Å²) in [6, 6.07) is 21.4. The molecule has 0 atom stereocenters. The predicted molar refractivity (Wildman–Crippen MR) is 189 cm³/mol. The Bertz CT molecular complexity index is 1640. The van der Waals surface area contributed by atoms with Crippen molar-refractivity contribution in [1.82, 2.24) is 4.98 Å². The van der Waals surface area contributed by atoms with Gasteiger partial charge in [-0.3, -0.25) is 0 Å². The monoisotopic (exact) mass is 777 g/mol. The molecule has 6 rings (SSSR count). The summed E-state index contributed by atoms with van der Waals surface area (Å²) in [5.41, 5.74) is 7.09. The van der Waals surface area contributed by atoms with Crippen molar-refractivity contribution in [2.24, 2.45) is 0 Å². The molecule has 0 bridgehead atoms. The number of hydrogen-bond acceptors (Lipinski definition) is 1. The number of benzene rings is 3. The van der Waals surface area contributed by atoms with Gasteiger partial charge in [-0.2, -0.15) is 0 Å². The van der Waals surface area contributed by atoms with E-state index in [2.05, 4.69) is 128 Å². The summed E-state index contributed by atoms with van der Waals surface area (Å²) < 4.78 is 10.8. The van der Waals surface area contributed by atoms with Gasteiger partial charge in [0.05, 0.1) is 0 Å². The molecule has 0 saturated heterocycles. The molecular weight excluding hydrogens is 725 g/mol. The predicted octanol–water partition coefficient (Wildman–Crippen LogP) is 7.63. The van der Waals surface area contributed by atoms with Gasteiger partial charge in [0.25, 0.3) is 0 Å². The SMILES string of the molecule is CC(C)(C)c1cc(-c2cc(-c3[c]4[c](c[c]5[c]3[Ge]([CH3])([CH3])[CH2][Ge]5([CH3])[CH3])[Ge]([CH3])([CH3])[CH2][Ge]4([CH3])[CH3])ccn2)cc2ccccc12. The van der Waals surface area contributed by atoms with Gasteiger partial charge in [-0.1, -0.05) is 0 Å². The van der Waals surface area contributed by atoms with Crippen LogP contribution in [0.3, 0.4) is 0 Å². The van der Waals surface area contributed by atoms with Crippen molar-refractivity contribution in [3.8, 4) is 22.4 Å². The van der Waals surface area contributed by atoms with Crippen LogP contribution in [0.2, 0.25) is 54.2 Å². The van der Waals surface area contributed by atoms with Gasteiger partial charge in [0.2, 0.25) is 0 Å². The van der Waals surface area contributed by atoms with Crippen LogP contribution >= 0.6 is 0 Å². The Labute approximate surface area is 253 Å². The Morgan fingerprint density at radius 2 is 1.20 bits per heavy atom. The van der Waals surface area contributed by atoms with Crippen molar-refractivity contribution in [3.63, 3.8) is 0 Å². The first kappa shape index (κ1) is 29.3. The van der Waals surface area contributed by atoms with E-state index in [0.717, 1.165) is 5.69 Å². The van der Waals surface area contributed by atoms with E-state index in [1.807, 2.05) is 17.6 Å². The second-order valence-corrected chi connectivity index (χ2v) is 61.6. The number of fused-ring (bicyclic) bond motifs is 3. The molecule has 1 aromatic heterocycles. The van der Waals surface area contributed by atoms with Crippen LogP contribution in [0.15, 0.2) is 60.8 Å². The standard InChI is InChI=1S/C35H47Ge4N/c1-35(2,3)28-19-26(18-24-14-12-13-15-27(24)28)31-20-25(16-17-40-31)32-33-29(36(4,5)22-38(33,8)9)21-30-34(32)39(10,11)23-37(30,6)7/h12-21H,22-23H2,1-11H3. The maximum atomic E-state index is 5.04. The van der Waals surface area contributed by atoms with Gasteiger partial charge >= 0.3 is 256 Å². The average molecular weight is 772 g/mol. The van der Waals surface area contributed by atoms with E-state index >= 15 is 0 Å². The van der Waals surface area contributed by atoms with Crippen molar-refractivity contribution < 1.29 is 0 Å². The third-order valence-electron chi connectivity index (χ3n) is 9.92. The second-order valence-electron chi connectivity index (χ2n) is 16.4. The first-order chi connectivity index (χ1) is 18.4. The Hall–Kier alpha value is -0.759. The molecule has 0 amide bonds. The molecule has 0 spiro atoms. The molecule has 3 aromatic carbocycles. The molecule has 208 valence electrons. The number of aromatic nitrogens is 1. The normalized spacial score (nSPS) is 20.0. The Kier molecular flexibility index (Phi) is 6.87. The fourth-order valence-corrected chi connectivity index (χ4v) is 105. The zero-order chi connectivity index (χ0) is 29.0. The zero-order valence-corrected chi connectivity index (χ0v) is 35.0. The summed E-state index contributed by atoms with van der Waals surface area (Å²) in [7, 11) is 0. The van der Waals surface area contributed by atoms with Crippen LogP contribution in [-0.2, 0) is 5.41 Å². The molecule has 2 aliphatic heterocycles. The van der Waals surface area contributed by atoms with E-state index in [4.69, 9.17) is 4.98 Å². The van der Waals surface area contributed by atoms with Crippen molar-refractivity contribution >= 4 is 81.4 Å². The maximum absolute atomic E-state index is 5.04. The van der Waals surface area contributed by atoms with Gasteiger partial charge in [0.15, 0.2) is 0 Å². The van der Waals surface area contributed by atoms with Crippen LogP contribution in [0.4, 0.5) is 0 Å². The van der Waals surface area contributed by atoms with Crippen LogP contribution in [-0.4, -0.2) is 58.0 Å². The molecule has 0 fully saturated rings. The molecule has 4 aromatic rings. The van der Waals surface area contributed by atoms with Crippen LogP contribution < -0.4 is 17.6 Å². The fraction of sp³-hybridized carbons (Fsp3) is 0.400. The molecule has 5 heteroatoms.